The fraction of sp³-hybridized carbons (Fsp3) is 0.200. The summed E-state index contributed by atoms with van der Waals surface area (Å²) in [6, 6.07) is 13.4. The molecule has 0 atom stereocenters. The number of rotatable bonds is 6. The number of nitrogens with one attached hydrogen (secondary N) is 1. The first-order valence-corrected chi connectivity index (χ1v) is 12.0. The van der Waals surface area contributed by atoms with Crippen molar-refractivity contribution in [3.05, 3.63) is 80.8 Å². The number of ether oxygens (including phenoxy) is 1. The Morgan fingerprint density at radius 2 is 1.83 bits per heavy atom. The summed E-state index contributed by atoms with van der Waals surface area (Å²) in [5.41, 5.74) is 4.32. The van der Waals surface area contributed by atoms with E-state index in [-0.39, 0.29) is 5.69 Å². The number of anilines is 1. The van der Waals surface area contributed by atoms with Crippen LogP contribution in [-0.2, 0) is 22.4 Å². The molecule has 4 aromatic rings. The molecule has 35 heavy (non-hydrogen) atoms. The number of carbonyl (C=O) groups excluding carboxylic acids is 2. The van der Waals surface area contributed by atoms with Gasteiger partial charge in [-0.2, -0.15) is 0 Å². The van der Waals surface area contributed by atoms with Gasteiger partial charge >= 0.3 is 5.97 Å². The first-order valence-electron chi connectivity index (χ1n) is 11.1. The molecule has 1 aliphatic carbocycles. The number of para-hydroxylation sites is 1. The molecule has 10 heteroatoms. The molecule has 2 aromatic carbocycles. The van der Waals surface area contributed by atoms with Crippen LogP contribution in [0.5, 0.6) is 0 Å². The fourth-order valence-electron chi connectivity index (χ4n) is 4.18. The van der Waals surface area contributed by atoms with Crippen LogP contribution in [-0.4, -0.2) is 33.4 Å². The summed E-state index contributed by atoms with van der Waals surface area (Å²) in [6.45, 7) is -0.448. The van der Waals surface area contributed by atoms with E-state index in [1.165, 1.54) is 23.5 Å². The van der Waals surface area contributed by atoms with E-state index >= 15 is 0 Å². The summed E-state index contributed by atoms with van der Waals surface area (Å²) in [5, 5.41) is 16.3. The van der Waals surface area contributed by atoms with Crippen molar-refractivity contribution < 1.29 is 19.2 Å². The van der Waals surface area contributed by atoms with Crippen LogP contribution in [0.15, 0.2) is 53.9 Å². The highest BCUT2D eigenvalue weighted by atomic mass is 32.1. The zero-order valence-electron chi connectivity index (χ0n) is 18.5. The Labute approximate surface area is 203 Å². The molecule has 0 unspecified atom stereocenters. The second-order valence-corrected chi connectivity index (χ2v) is 8.96. The van der Waals surface area contributed by atoms with Crippen molar-refractivity contribution in [2.75, 3.05) is 11.9 Å². The maximum atomic E-state index is 13.1. The first kappa shape index (κ1) is 22.6. The van der Waals surface area contributed by atoms with Crippen molar-refractivity contribution in [1.29, 1.82) is 0 Å². The molecule has 0 fully saturated rings. The van der Waals surface area contributed by atoms with E-state index < -0.39 is 23.4 Å². The van der Waals surface area contributed by atoms with E-state index in [4.69, 9.17) is 9.72 Å². The number of hydrogen-bond donors (Lipinski definition) is 1. The molecule has 0 radical (unpaired) electrons. The van der Waals surface area contributed by atoms with E-state index in [2.05, 4.69) is 10.3 Å². The van der Waals surface area contributed by atoms with Crippen molar-refractivity contribution in [2.45, 2.75) is 25.7 Å². The number of non-ortho nitro benzene ring substituents is 1. The molecular weight excluding hydrogens is 468 g/mol. The number of pyridine rings is 1. The highest BCUT2D eigenvalue weighted by Gasteiger charge is 2.24. The second kappa shape index (κ2) is 9.59. The number of fused-ring (bicyclic) bond motifs is 2. The van der Waals surface area contributed by atoms with Crippen molar-refractivity contribution >= 4 is 44.9 Å². The molecule has 5 rings (SSSR count). The molecule has 176 valence electrons. The van der Waals surface area contributed by atoms with Gasteiger partial charge in [0.25, 0.3) is 11.6 Å². The third-order valence-electron chi connectivity index (χ3n) is 5.83. The highest BCUT2D eigenvalue weighted by Crippen LogP contribution is 2.30. The van der Waals surface area contributed by atoms with E-state index in [0.717, 1.165) is 47.8 Å². The van der Waals surface area contributed by atoms with Gasteiger partial charge in [0.2, 0.25) is 0 Å². The number of amides is 1. The molecule has 0 saturated carbocycles. The predicted molar refractivity (Wildman–Crippen MR) is 132 cm³/mol. The number of aryl methyl sites for hydroxylation is 1. The van der Waals surface area contributed by atoms with Gasteiger partial charge in [-0.15, -0.1) is 11.3 Å². The van der Waals surface area contributed by atoms with Gasteiger partial charge in [-0.05, 0) is 49.4 Å². The van der Waals surface area contributed by atoms with Gasteiger partial charge in [-0.3, -0.25) is 25.2 Å². The summed E-state index contributed by atoms with van der Waals surface area (Å²) < 4.78 is 5.40. The number of nitro benzene ring substituents is 1. The lowest BCUT2D eigenvalue weighted by atomic mass is 9.90. The topological polar surface area (TPSA) is 124 Å². The molecule has 1 amide bonds. The van der Waals surface area contributed by atoms with Crippen molar-refractivity contribution in [2.24, 2.45) is 0 Å². The monoisotopic (exact) mass is 488 g/mol. The van der Waals surface area contributed by atoms with Gasteiger partial charge in [0.15, 0.2) is 11.7 Å². The fourth-order valence-corrected chi connectivity index (χ4v) is 4.92. The zero-order chi connectivity index (χ0) is 24.4. The van der Waals surface area contributed by atoms with Crippen molar-refractivity contribution in [1.82, 2.24) is 9.97 Å². The lowest BCUT2D eigenvalue weighted by Crippen LogP contribution is -2.22. The molecule has 0 spiro atoms. The normalized spacial score (nSPS) is 12.7. The lowest BCUT2D eigenvalue weighted by molar-refractivity contribution is -0.384. The standard InChI is InChI=1S/C25H20N4O5S/c30-22(28-25-27-21(14-35-25)15-9-11-16(12-10-15)29(32)33)13-34-24(31)23-17-5-1-3-7-19(17)26-20-8-4-2-6-18(20)23/h1,3,5,7,9-12,14H,2,4,6,8,13H2,(H,27,28,30). The summed E-state index contributed by atoms with van der Waals surface area (Å²) in [7, 11) is 0. The maximum Gasteiger partial charge on any atom is 0.339 e. The third-order valence-corrected chi connectivity index (χ3v) is 6.59. The van der Waals surface area contributed by atoms with Crippen LogP contribution in [0, 0.1) is 10.1 Å². The Hall–Kier alpha value is -4.18. The molecule has 0 aliphatic heterocycles. The maximum absolute atomic E-state index is 13.1. The number of aromatic nitrogens is 2. The van der Waals surface area contributed by atoms with Gasteiger partial charge in [0, 0.05) is 34.2 Å². The lowest BCUT2D eigenvalue weighted by Gasteiger charge is -2.19. The minimum Gasteiger partial charge on any atom is -0.452 e. The van der Waals surface area contributed by atoms with Crippen LogP contribution in [0.3, 0.4) is 0 Å². The number of esters is 1. The summed E-state index contributed by atoms with van der Waals surface area (Å²) >= 11 is 1.21. The average molecular weight is 489 g/mol. The Morgan fingerprint density at radius 1 is 1.06 bits per heavy atom. The molecule has 0 bridgehead atoms. The van der Waals surface area contributed by atoms with Crippen LogP contribution in [0.2, 0.25) is 0 Å². The largest absolute Gasteiger partial charge is 0.452 e. The van der Waals surface area contributed by atoms with E-state index in [1.807, 2.05) is 24.3 Å². The number of nitro groups is 1. The molecule has 2 aromatic heterocycles. The smallest absolute Gasteiger partial charge is 0.339 e. The van der Waals surface area contributed by atoms with Crippen LogP contribution in [0.4, 0.5) is 10.8 Å². The second-order valence-electron chi connectivity index (χ2n) is 8.10. The number of nitrogens with zero attached hydrogens (tertiary/aromatic N) is 3. The van der Waals surface area contributed by atoms with E-state index in [9.17, 15) is 19.7 Å². The molecule has 0 saturated heterocycles. The quantitative estimate of drug-likeness (QED) is 0.231. The van der Waals surface area contributed by atoms with Crippen LogP contribution >= 0.6 is 11.3 Å². The Balaban J connectivity index is 1.27. The van der Waals surface area contributed by atoms with Crippen molar-refractivity contribution in [3.63, 3.8) is 0 Å². The molecule has 1 aliphatic rings. The Morgan fingerprint density at radius 3 is 2.63 bits per heavy atom. The molecular formula is C25H20N4O5S. The van der Waals surface area contributed by atoms with Crippen LogP contribution in [0.1, 0.15) is 34.5 Å². The first-order chi connectivity index (χ1) is 17.0. The average Bonchev–Trinajstić information content (AvgIpc) is 3.34. The van der Waals surface area contributed by atoms with E-state index in [1.54, 1.807) is 17.5 Å². The van der Waals surface area contributed by atoms with Crippen LogP contribution in [0.25, 0.3) is 22.2 Å². The highest BCUT2D eigenvalue weighted by molar-refractivity contribution is 7.14. The summed E-state index contributed by atoms with van der Waals surface area (Å²) in [6.07, 6.45) is 3.59. The van der Waals surface area contributed by atoms with Gasteiger partial charge in [0.05, 0.1) is 21.7 Å². The molecule has 2 heterocycles. The number of thiazole rings is 1. The van der Waals surface area contributed by atoms with Gasteiger partial charge < -0.3 is 4.74 Å². The summed E-state index contributed by atoms with van der Waals surface area (Å²) in [4.78, 5) is 44.9. The van der Waals surface area contributed by atoms with Gasteiger partial charge in [0.1, 0.15) is 0 Å². The Bertz CT molecular complexity index is 1450. The van der Waals surface area contributed by atoms with Crippen LogP contribution < -0.4 is 5.32 Å². The molecule has 1 N–H and O–H groups in total. The SMILES string of the molecule is O=C(COC(=O)c1c2c(nc3ccccc13)CCCC2)Nc1nc(-c2ccc([N+](=O)[O-])cc2)cs1. The zero-order valence-corrected chi connectivity index (χ0v) is 19.3. The third kappa shape index (κ3) is 4.73. The number of carbonyl (C=O) groups is 2. The minimum absolute atomic E-state index is 0.0115. The molecule has 9 nitrogen and oxygen atoms in total. The minimum atomic E-state index is -0.539. The number of hydrogen-bond acceptors (Lipinski definition) is 8. The van der Waals surface area contributed by atoms with Gasteiger partial charge in [-0.25, -0.2) is 9.78 Å². The van der Waals surface area contributed by atoms with E-state index in [0.29, 0.717) is 22.0 Å². The number of benzene rings is 2. The summed E-state index contributed by atoms with van der Waals surface area (Å²) in [5.74, 6) is -1.04. The van der Waals surface area contributed by atoms with Crippen molar-refractivity contribution in [3.8, 4) is 11.3 Å². The van der Waals surface area contributed by atoms with Gasteiger partial charge in [-0.1, -0.05) is 18.2 Å². The Kier molecular flexibility index (Phi) is 6.19. The predicted octanol–water partition coefficient (Wildman–Crippen LogP) is 4.94.